The molecule has 2 aliphatic heterocycles. The molecule has 2 heterocycles. The van der Waals surface area contributed by atoms with E-state index in [0.29, 0.717) is 48.1 Å². The van der Waals surface area contributed by atoms with Crippen LogP contribution < -0.4 is 26.1 Å². The Morgan fingerprint density at radius 1 is 0.671 bits per heavy atom. The molecule has 2 aliphatic rings. The summed E-state index contributed by atoms with van der Waals surface area (Å²) in [6.07, 6.45) is 9.39. The van der Waals surface area contributed by atoms with Crippen LogP contribution in [0.15, 0.2) is 72.5 Å². The monoisotopic (exact) mass is 1290 g/mol. The maximum Gasteiger partial charge on any atom is 0.471 e. The molecular weight excluding hydrogens is 1200 g/mol. The summed E-state index contributed by atoms with van der Waals surface area (Å²) in [6.45, 7) is 12.2. The third-order valence-electron chi connectivity index (χ3n) is 14.4. The van der Waals surface area contributed by atoms with E-state index in [0.717, 1.165) is 86.1 Å². The Labute approximate surface area is 500 Å². The lowest BCUT2D eigenvalue weighted by atomic mass is 9.81. The molecule has 2 aromatic carbocycles. The van der Waals surface area contributed by atoms with Gasteiger partial charge in [-0.05, 0) is 101 Å². The van der Waals surface area contributed by atoms with Crippen LogP contribution in [-0.4, -0.2) is 117 Å². The summed E-state index contributed by atoms with van der Waals surface area (Å²) in [6, 6.07) is 10.4. The summed E-state index contributed by atoms with van der Waals surface area (Å²) in [7, 11) is -12.4. The fraction of sp³-hybridized carbons (Fsp3) is 0.632. The molecule has 2 atom stereocenters. The van der Waals surface area contributed by atoms with Crippen molar-refractivity contribution in [3.8, 4) is 0 Å². The quantitative estimate of drug-likeness (QED) is 0.00558. The van der Waals surface area contributed by atoms with E-state index >= 15 is 0 Å². The highest BCUT2D eigenvalue weighted by Crippen LogP contribution is 2.53. The number of benzene rings is 2. The fourth-order valence-electron chi connectivity index (χ4n) is 9.83. The second-order valence-electron chi connectivity index (χ2n) is 21.7. The van der Waals surface area contributed by atoms with Gasteiger partial charge in [-0.3, -0.25) is 23.3 Å². The lowest BCUT2D eigenvalue weighted by Crippen LogP contribution is -2.37. The number of hydrogen-bond acceptors (Lipinski definition) is 15. The Bertz CT molecular complexity index is 2830. The van der Waals surface area contributed by atoms with Gasteiger partial charge in [-0.2, -0.15) is 39.3 Å². The molecule has 2 aromatic rings. The van der Waals surface area contributed by atoms with Crippen LogP contribution in [0.3, 0.4) is 0 Å². The molecule has 480 valence electrons. The number of alkyl halides is 6. The number of fused-ring (bicyclic) bond motifs is 2. The first-order valence-corrected chi connectivity index (χ1v) is 34.5. The number of allylic oxidation sites excluding steroid dienone is 6. The largest absolute Gasteiger partial charge is 0.471 e. The highest BCUT2D eigenvalue weighted by Gasteiger charge is 2.46. The maximum absolute atomic E-state index is 14.8. The summed E-state index contributed by atoms with van der Waals surface area (Å²) < 4.78 is 170. The molecule has 28 heteroatoms. The van der Waals surface area contributed by atoms with E-state index in [1.807, 2.05) is 79.7 Å². The van der Waals surface area contributed by atoms with E-state index in [4.69, 9.17) is 23.4 Å². The second-order valence-corrected chi connectivity index (χ2v) is 28.1. The van der Waals surface area contributed by atoms with Crippen molar-refractivity contribution >= 4 is 76.9 Å². The number of carbonyl (C=O) groups is 2. The standard InChI is InChI=1S/C57H84F6N4O14P2S2/c1-7-9-11-13-20-36-76-82(71,78-38-22-18-32-64-52(68)56(58,59)60)44-28-30-48-46(42-44)54(3,4)50(66(48)34-24-40-84-81-80-70)26-16-15-17-27-51-55(5,6)47-43-45(29-31-49(47)67(51)35-25-41-85(73,74)75)83(72,77-37-21-14-12-10-8-2)79-39-23-19-33-65-53(69)57(61,62)63/h15-17,26-31,42-43H,7-14,18-25,32-41H2,1-6H3,(H3-,64,65,68,69,70,73,74,75)/p+1. The van der Waals surface area contributed by atoms with E-state index < -0.39 is 66.1 Å². The van der Waals surface area contributed by atoms with Crippen LogP contribution in [-0.2, 0) is 67.1 Å². The molecule has 4 rings (SSSR count). The number of rotatable bonds is 41. The number of amides is 2. The van der Waals surface area contributed by atoms with Crippen molar-refractivity contribution in [2.75, 3.05) is 69.0 Å². The van der Waals surface area contributed by atoms with Crippen molar-refractivity contribution in [1.29, 1.82) is 0 Å². The lowest BCUT2D eigenvalue weighted by molar-refractivity contribution is -0.438. The number of nitrogens with zero attached hydrogens (tertiary/aromatic N) is 2. The van der Waals surface area contributed by atoms with Crippen molar-refractivity contribution < 1.29 is 95.3 Å². The van der Waals surface area contributed by atoms with Crippen molar-refractivity contribution in [3.05, 3.63) is 83.6 Å². The summed E-state index contributed by atoms with van der Waals surface area (Å²) >= 11 is 0.911. The molecule has 0 spiro atoms. The van der Waals surface area contributed by atoms with Gasteiger partial charge in [-0.25, -0.2) is 5.26 Å². The molecule has 4 N–H and O–H groups in total. The van der Waals surface area contributed by atoms with Gasteiger partial charge < -0.3 is 33.6 Å². The molecule has 2 unspecified atom stereocenters. The molecule has 85 heavy (non-hydrogen) atoms. The van der Waals surface area contributed by atoms with E-state index in [1.165, 1.54) is 0 Å². The molecule has 0 aromatic heterocycles. The van der Waals surface area contributed by atoms with Gasteiger partial charge in [0.1, 0.15) is 6.54 Å². The van der Waals surface area contributed by atoms with Crippen molar-refractivity contribution in [3.63, 3.8) is 0 Å². The Morgan fingerprint density at radius 3 is 1.66 bits per heavy atom. The summed E-state index contributed by atoms with van der Waals surface area (Å²) in [5.41, 5.74) is 3.06. The Balaban J connectivity index is 1.68. The van der Waals surface area contributed by atoms with Crippen molar-refractivity contribution in [1.82, 2.24) is 10.6 Å². The third kappa shape index (κ3) is 22.9. The smallest absolute Gasteiger partial charge is 0.348 e. The summed E-state index contributed by atoms with van der Waals surface area (Å²) in [5.74, 6) is -4.18. The minimum Gasteiger partial charge on any atom is -0.348 e. The van der Waals surface area contributed by atoms with E-state index in [1.54, 1.807) is 30.3 Å². The number of unbranched alkanes of at least 4 members (excludes halogenated alkanes) is 10. The Hall–Kier alpha value is -3.91. The number of carbonyl (C=O) groups excluding carboxylic acids is 2. The van der Waals surface area contributed by atoms with Gasteiger partial charge in [-0.1, -0.05) is 102 Å². The highest BCUT2D eigenvalue weighted by molar-refractivity contribution is 7.94. The van der Waals surface area contributed by atoms with Crippen LogP contribution in [0.4, 0.5) is 37.7 Å². The second kappa shape index (κ2) is 34.7. The Morgan fingerprint density at radius 2 is 1.16 bits per heavy atom. The Kier molecular flexibility index (Phi) is 30.1. The number of anilines is 1. The first-order valence-electron chi connectivity index (χ1n) is 28.9. The lowest BCUT2D eigenvalue weighted by Gasteiger charge is -2.27. The number of hydrogen-bond donors (Lipinski definition) is 4. The van der Waals surface area contributed by atoms with Crippen LogP contribution in [0.1, 0.15) is 155 Å². The molecule has 18 nitrogen and oxygen atoms in total. The molecule has 0 aliphatic carbocycles. The zero-order valence-corrected chi connectivity index (χ0v) is 52.8. The van der Waals surface area contributed by atoms with E-state index in [9.17, 15) is 58.0 Å². The maximum atomic E-state index is 14.8. The van der Waals surface area contributed by atoms with Crippen LogP contribution in [0.25, 0.3) is 0 Å². The average Bonchev–Trinajstić information content (AvgIpc) is 1.67. The van der Waals surface area contributed by atoms with Crippen molar-refractivity contribution in [2.24, 2.45) is 0 Å². The summed E-state index contributed by atoms with van der Waals surface area (Å²) in [5, 5.41) is 16.7. The zero-order valence-electron chi connectivity index (χ0n) is 49.4. The van der Waals surface area contributed by atoms with Gasteiger partial charge in [-0.15, -0.1) is 4.33 Å². The fourth-order valence-corrected chi connectivity index (χ4v) is 14.0. The predicted octanol–water partition coefficient (Wildman–Crippen LogP) is 13.2. The van der Waals surface area contributed by atoms with Gasteiger partial charge in [0.05, 0.1) is 48.2 Å². The van der Waals surface area contributed by atoms with Gasteiger partial charge in [0.2, 0.25) is 5.69 Å². The van der Waals surface area contributed by atoms with Gasteiger partial charge >= 0.3 is 39.4 Å². The predicted molar refractivity (Wildman–Crippen MR) is 318 cm³/mol. The SMILES string of the molecule is CCCCCCCOP(=O)(OCCCCNC(=O)C(F)(F)F)c1ccc2c(c1)C(C)(C)C(/C=C/C=C/C=C1\N(CCCS(=O)(=O)O)c3ccc(P(=O)(OCCCCCCC)OCCCCNC(=O)C(F)(F)F)cc3C1(C)C)=[N+]2CCCSOOO. The molecule has 0 bridgehead atoms. The van der Waals surface area contributed by atoms with E-state index in [-0.39, 0.29) is 83.5 Å². The highest BCUT2D eigenvalue weighted by atomic mass is 32.2. The van der Waals surface area contributed by atoms with Crippen LogP contribution in [0, 0.1) is 0 Å². The topological polar surface area (TPSA) is 229 Å². The molecule has 0 saturated heterocycles. The number of nitrogens with one attached hydrogen (secondary N) is 2. The van der Waals surface area contributed by atoms with E-state index in [2.05, 4.69) is 27.8 Å². The molecule has 0 saturated carbocycles. The van der Waals surface area contributed by atoms with Gasteiger partial charge in [0, 0.05) is 78.4 Å². The van der Waals surface area contributed by atoms with Gasteiger partial charge in [0.15, 0.2) is 5.71 Å². The van der Waals surface area contributed by atoms with Crippen LogP contribution >= 0.6 is 27.2 Å². The minimum absolute atomic E-state index is 0.0500. The zero-order chi connectivity index (χ0) is 63.0. The molecule has 2 amide bonds. The molecule has 0 fully saturated rings. The third-order valence-corrected chi connectivity index (χ3v) is 19.7. The first-order chi connectivity index (χ1) is 40.1. The molecule has 0 radical (unpaired) electrons. The average molecular weight is 1290 g/mol. The summed E-state index contributed by atoms with van der Waals surface area (Å²) in [4.78, 5) is 24.6. The normalized spacial score (nSPS) is 17.0. The number of halogens is 6. The van der Waals surface area contributed by atoms with Crippen molar-refractivity contribution in [2.45, 2.75) is 167 Å². The molecular formula is C57H85F6N4O14P2S2+. The van der Waals surface area contributed by atoms with Crippen LogP contribution in [0.5, 0.6) is 0 Å². The first kappa shape index (κ1) is 73.6. The minimum atomic E-state index is -5.02. The van der Waals surface area contributed by atoms with Gasteiger partial charge in [0.25, 0.3) is 10.1 Å². The van der Waals surface area contributed by atoms with Crippen LogP contribution in [0.2, 0.25) is 0 Å².